The minimum Gasteiger partial charge on any atom is -0.393 e. The van der Waals surface area contributed by atoms with Gasteiger partial charge in [-0.2, -0.15) is 0 Å². The summed E-state index contributed by atoms with van der Waals surface area (Å²) in [6, 6.07) is 9.39. The van der Waals surface area contributed by atoms with Crippen molar-refractivity contribution in [2.75, 3.05) is 0 Å². The molecule has 0 radical (unpaired) electrons. The summed E-state index contributed by atoms with van der Waals surface area (Å²) in [5.74, 6) is -1.11. The fourth-order valence-electron chi connectivity index (χ4n) is 1.60. The fourth-order valence-corrected chi connectivity index (χ4v) is 1.60. The Balaban J connectivity index is 2.20. The fraction of sp³-hybridized carbons (Fsp3) is 0.273. The molecular formula is C11H10O3. The van der Waals surface area contributed by atoms with E-state index in [1.165, 1.54) is 0 Å². The third-order valence-corrected chi connectivity index (χ3v) is 2.34. The maximum atomic E-state index is 11.4. The molecule has 1 atom stereocenters. The van der Waals surface area contributed by atoms with Crippen LogP contribution in [0.15, 0.2) is 30.3 Å². The van der Waals surface area contributed by atoms with Gasteiger partial charge in [0, 0.05) is 6.42 Å². The van der Waals surface area contributed by atoms with Crippen LogP contribution < -0.4 is 0 Å². The van der Waals surface area contributed by atoms with E-state index in [9.17, 15) is 9.59 Å². The maximum Gasteiger partial charge on any atom is 0.321 e. The van der Waals surface area contributed by atoms with Gasteiger partial charge in [-0.25, -0.2) is 0 Å². The molecule has 3 heteroatoms. The van der Waals surface area contributed by atoms with Gasteiger partial charge >= 0.3 is 11.9 Å². The van der Waals surface area contributed by atoms with E-state index in [1.54, 1.807) is 0 Å². The molecule has 3 nitrogen and oxygen atoms in total. The lowest BCUT2D eigenvalue weighted by molar-refractivity contribution is -0.164. The van der Waals surface area contributed by atoms with Crippen LogP contribution in [0.25, 0.3) is 0 Å². The van der Waals surface area contributed by atoms with Crippen molar-refractivity contribution in [2.45, 2.75) is 18.8 Å². The average molecular weight is 190 g/mol. The van der Waals surface area contributed by atoms with Crippen molar-refractivity contribution in [3.05, 3.63) is 35.9 Å². The number of carbonyl (C=O) groups excluding carboxylic acids is 2. The molecule has 1 saturated heterocycles. The normalized spacial score (nSPS) is 21.9. The summed E-state index contributed by atoms with van der Waals surface area (Å²) in [7, 11) is 0. The van der Waals surface area contributed by atoms with E-state index in [-0.39, 0.29) is 5.92 Å². The first kappa shape index (κ1) is 8.94. The SMILES string of the molecule is O=C1CC[C@@H](c2ccccc2)C(=O)O1. The van der Waals surface area contributed by atoms with E-state index in [1.807, 2.05) is 30.3 Å². The summed E-state index contributed by atoms with van der Waals surface area (Å²) >= 11 is 0. The zero-order valence-corrected chi connectivity index (χ0v) is 7.60. The van der Waals surface area contributed by atoms with Crippen molar-refractivity contribution >= 4 is 11.9 Å². The second-order valence-electron chi connectivity index (χ2n) is 3.30. The average Bonchev–Trinajstić information content (AvgIpc) is 2.19. The van der Waals surface area contributed by atoms with Crippen LogP contribution in [0.4, 0.5) is 0 Å². The number of carbonyl (C=O) groups is 2. The molecule has 1 fully saturated rings. The minimum absolute atomic E-state index is 0.270. The highest BCUT2D eigenvalue weighted by Crippen LogP contribution is 2.26. The summed E-state index contributed by atoms with van der Waals surface area (Å²) in [5.41, 5.74) is 0.921. The summed E-state index contributed by atoms with van der Waals surface area (Å²) in [6.07, 6.45) is 0.882. The lowest BCUT2D eigenvalue weighted by Crippen LogP contribution is -2.26. The van der Waals surface area contributed by atoms with Crippen molar-refractivity contribution in [1.82, 2.24) is 0 Å². The number of benzene rings is 1. The Morgan fingerprint density at radius 1 is 1.14 bits per heavy atom. The third kappa shape index (κ3) is 1.66. The molecule has 1 aromatic carbocycles. The number of esters is 2. The van der Waals surface area contributed by atoms with Crippen molar-refractivity contribution in [2.24, 2.45) is 0 Å². The topological polar surface area (TPSA) is 43.4 Å². The highest BCUT2D eigenvalue weighted by Gasteiger charge is 2.29. The highest BCUT2D eigenvalue weighted by atomic mass is 16.6. The van der Waals surface area contributed by atoms with Crippen LogP contribution in [0, 0.1) is 0 Å². The van der Waals surface area contributed by atoms with Crippen molar-refractivity contribution < 1.29 is 14.3 Å². The van der Waals surface area contributed by atoms with Gasteiger partial charge in [0.05, 0.1) is 5.92 Å². The molecule has 72 valence electrons. The zero-order chi connectivity index (χ0) is 9.97. The second kappa shape index (κ2) is 3.62. The number of ether oxygens (including phenoxy) is 1. The Bertz CT molecular complexity index is 356. The van der Waals surface area contributed by atoms with Crippen LogP contribution in [-0.2, 0) is 14.3 Å². The van der Waals surface area contributed by atoms with Gasteiger partial charge in [-0.05, 0) is 12.0 Å². The van der Waals surface area contributed by atoms with Gasteiger partial charge in [-0.15, -0.1) is 0 Å². The third-order valence-electron chi connectivity index (χ3n) is 2.34. The van der Waals surface area contributed by atoms with E-state index in [2.05, 4.69) is 4.74 Å². The van der Waals surface area contributed by atoms with E-state index in [0.717, 1.165) is 5.56 Å². The van der Waals surface area contributed by atoms with Gasteiger partial charge < -0.3 is 4.74 Å². The maximum absolute atomic E-state index is 11.4. The van der Waals surface area contributed by atoms with Crippen LogP contribution in [0.2, 0.25) is 0 Å². The number of hydrogen-bond acceptors (Lipinski definition) is 3. The summed E-state index contributed by atoms with van der Waals surface area (Å²) in [5, 5.41) is 0. The highest BCUT2D eigenvalue weighted by molar-refractivity contribution is 5.92. The Morgan fingerprint density at radius 2 is 1.86 bits per heavy atom. The lowest BCUT2D eigenvalue weighted by atomic mass is 9.93. The van der Waals surface area contributed by atoms with Gasteiger partial charge in [0.2, 0.25) is 0 Å². The lowest BCUT2D eigenvalue weighted by Gasteiger charge is -2.19. The molecule has 0 N–H and O–H groups in total. The van der Waals surface area contributed by atoms with Gasteiger partial charge in [-0.1, -0.05) is 30.3 Å². The summed E-state index contributed by atoms with van der Waals surface area (Å²) < 4.78 is 4.58. The van der Waals surface area contributed by atoms with E-state index in [0.29, 0.717) is 12.8 Å². The standard InChI is InChI=1S/C11H10O3/c12-10-7-6-9(11(13)14-10)8-4-2-1-3-5-8/h1-5,9H,6-7H2/t9-/m0/s1. The molecule has 0 aromatic heterocycles. The Hall–Kier alpha value is -1.64. The Labute approximate surface area is 81.7 Å². The second-order valence-corrected chi connectivity index (χ2v) is 3.30. The molecular weight excluding hydrogens is 180 g/mol. The first-order chi connectivity index (χ1) is 6.77. The molecule has 0 saturated carbocycles. The minimum atomic E-state index is -0.424. The number of hydrogen-bond donors (Lipinski definition) is 0. The van der Waals surface area contributed by atoms with Crippen LogP contribution in [0.1, 0.15) is 24.3 Å². The predicted molar refractivity (Wildman–Crippen MR) is 49.5 cm³/mol. The molecule has 0 bridgehead atoms. The van der Waals surface area contributed by atoms with E-state index >= 15 is 0 Å². The largest absolute Gasteiger partial charge is 0.393 e. The van der Waals surface area contributed by atoms with Crippen LogP contribution in [0.3, 0.4) is 0 Å². The van der Waals surface area contributed by atoms with Gasteiger partial charge in [0.25, 0.3) is 0 Å². The molecule has 0 amide bonds. The molecule has 1 heterocycles. The van der Waals surface area contributed by atoms with Crippen LogP contribution in [0.5, 0.6) is 0 Å². The Kier molecular flexibility index (Phi) is 2.31. The molecule has 1 aliphatic heterocycles. The molecule has 1 aliphatic rings. The Morgan fingerprint density at radius 3 is 2.50 bits per heavy atom. The van der Waals surface area contributed by atoms with Crippen molar-refractivity contribution in [1.29, 1.82) is 0 Å². The molecule has 0 unspecified atom stereocenters. The first-order valence-corrected chi connectivity index (χ1v) is 4.57. The number of rotatable bonds is 1. The molecule has 1 aromatic rings. The summed E-state index contributed by atoms with van der Waals surface area (Å²) in [4.78, 5) is 22.2. The number of cyclic esters (lactones) is 2. The van der Waals surface area contributed by atoms with Gasteiger partial charge in [0.1, 0.15) is 0 Å². The van der Waals surface area contributed by atoms with E-state index < -0.39 is 11.9 Å². The predicted octanol–water partition coefficient (Wildman–Crippen LogP) is 1.63. The summed E-state index contributed by atoms with van der Waals surface area (Å²) in [6.45, 7) is 0. The van der Waals surface area contributed by atoms with Gasteiger partial charge in [0.15, 0.2) is 0 Å². The first-order valence-electron chi connectivity index (χ1n) is 4.57. The molecule has 2 rings (SSSR count). The molecule has 0 aliphatic carbocycles. The van der Waals surface area contributed by atoms with Crippen LogP contribution in [-0.4, -0.2) is 11.9 Å². The van der Waals surface area contributed by atoms with Crippen LogP contribution >= 0.6 is 0 Å². The quantitative estimate of drug-likeness (QED) is 0.499. The van der Waals surface area contributed by atoms with Crippen molar-refractivity contribution in [3.63, 3.8) is 0 Å². The van der Waals surface area contributed by atoms with Gasteiger partial charge in [-0.3, -0.25) is 9.59 Å². The van der Waals surface area contributed by atoms with E-state index in [4.69, 9.17) is 0 Å². The molecule has 0 spiro atoms. The molecule has 14 heavy (non-hydrogen) atoms. The zero-order valence-electron chi connectivity index (χ0n) is 7.60. The van der Waals surface area contributed by atoms with Crippen molar-refractivity contribution in [3.8, 4) is 0 Å². The smallest absolute Gasteiger partial charge is 0.321 e. The monoisotopic (exact) mass is 190 g/mol.